The third kappa shape index (κ3) is 4.19. The van der Waals surface area contributed by atoms with E-state index in [1.807, 2.05) is 32.0 Å². The molecule has 0 saturated carbocycles. The summed E-state index contributed by atoms with van der Waals surface area (Å²) in [5, 5.41) is 9.83. The Morgan fingerprint density at radius 3 is 2.53 bits per heavy atom. The third-order valence-electron chi connectivity index (χ3n) is 2.80. The molecule has 3 nitrogen and oxygen atoms in total. The zero-order valence-electron chi connectivity index (χ0n) is 10.6. The fourth-order valence-corrected chi connectivity index (χ4v) is 1.81. The molecule has 1 aromatic carbocycles. The molecule has 0 saturated heterocycles. The molecule has 4 heteroatoms. The van der Waals surface area contributed by atoms with Gasteiger partial charge in [-0.2, -0.15) is 0 Å². The van der Waals surface area contributed by atoms with Gasteiger partial charge in [0.25, 0.3) is 0 Å². The van der Waals surface area contributed by atoms with Crippen molar-refractivity contribution in [3.63, 3.8) is 0 Å². The van der Waals surface area contributed by atoms with Crippen LogP contribution >= 0.6 is 12.4 Å². The van der Waals surface area contributed by atoms with E-state index in [0.717, 1.165) is 29.7 Å². The zero-order chi connectivity index (χ0) is 12.1. The fourth-order valence-electron chi connectivity index (χ4n) is 1.81. The van der Waals surface area contributed by atoms with Crippen LogP contribution in [0.15, 0.2) is 18.2 Å². The summed E-state index contributed by atoms with van der Waals surface area (Å²) in [6, 6.07) is 5.46. The standard InChI is InChI=1S/C13H21NO2.ClH/c1-4-5-11(15)13(14)10-6-7-12(16-3)9(2)8-10;/h6-8,11,13,15H,4-5,14H2,1-3H3;1H/t11-,13+;/m1./s1. The van der Waals surface area contributed by atoms with Crippen LogP contribution in [0.3, 0.4) is 0 Å². The summed E-state index contributed by atoms with van der Waals surface area (Å²) in [7, 11) is 1.65. The smallest absolute Gasteiger partial charge is 0.121 e. The lowest BCUT2D eigenvalue weighted by molar-refractivity contribution is 0.134. The lowest BCUT2D eigenvalue weighted by atomic mass is 9.97. The molecule has 98 valence electrons. The number of hydrogen-bond donors (Lipinski definition) is 2. The average molecular weight is 260 g/mol. The highest BCUT2D eigenvalue weighted by atomic mass is 35.5. The van der Waals surface area contributed by atoms with Gasteiger partial charge in [-0.25, -0.2) is 0 Å². The van der Waals surface area contributed by atoms with Gasteiger partial charge in [0.2, 0.25) is 0 Å². The van der Waals surface area contributed by atoms with Gasteiger partial charge >= 0.3 is 0 Å². The highest BCUT2D eigenvalue weighted by Crippen LogP contribution is 2.24. The first-order valence-corrected chi connectivity index (χ1v) is 5.68. The average Bonchev–Trinajstić information content (AvgIpc) is 2.28. The lowest BCUT2D eigenvalue weighted by Gasteiger charge is -2.19. The second-order valence-corrected chi connectivity index (χ2v) is 4.11. The first kappa shape index (κ1) is 16.2. The molecular weight excluding hydrogens is 238 g/mol. The Hall–Kier alpha value is -0.770. The number of rotatable bonds is 5. The highest BCUT2D eigenvalue weighted by molar-refractivity contribution is 5.85. The van der Waals surface area contributed by atoms with Crippen molar-refractivity contribution < 1.29 is 9.84 Å². The van der Waals surface area contributed by atoms with E-state index in [0.29, 0.717) is 0 Å². The molecule has 0 radical (unpaired) electrons. The Morgan fingerprint density at radius 2 is 2.06 bits per heavy atom. The van der Waals surface area contributed by atoms with Gasteiger partial charge in [-0.05, 0) is 30.5 Å². The van der Waals surface area contributed by atoms with Crippen LogP contribution in [0.2, 0.25) is 0 Å². The molecule has 0 spiro atoms. The predicted octanol–water partition coefficient (Wildman–Crippen LogP) is 2.59. The van der Waals surface area contributed by atoms with E-state index >= 15 is 0 Å². The van der Waals surface area contributed by atoms with Gasteiger partial charge < -0.3 is 15.6 Å². The molecule has 1 aromatic rings. The molecule has 0 aromatic heterocycles. The maximum atomic E-state index is 9.83. The molecule has 0 fully saturated rings. The Labute approximate surface area is 109 Å². The normalized spacial score (nSPS) is 13.7. The van der Waals surface area contributed by atoms with E-state index in [1.54, 1.807) is 7.11 Å². The molecule has 1 rings (SSSR count). The molecule has 0 aliphatic heterocycles. The quantitative estimate of drug-likeness (QED) is 0.855. The van der Waals surface area contributed by atoms with Gasteiger partial charge in [0, 0.05) is 0 Å². The zero-order valence-corrected chi connectivity index (χ0v) is 11.5. The van der Waals surface area contributed by atoms with Crippen LogP contribution in [-0.2, 0) is 0 Å². The van der Waals surface area contributed by atoms with E-state index in [1.165, 1.54) is 0 Å². The second-order valence-electron chi connectivity index (χ2n) is 4.11. The highest BCUT2D eigenvalue weighted by Gasteiger charge is 2.16. The predicted molar refractivity (Wildman–Crippen MR) is 72.8 cm³/mol. The Morgan fingerprint density at radius 1 is 1.41 bits per heavy atom. The minimum atomic E-state index is -0.474. The van der Waals surface area contributed by atoms with Gasteiger partial charge in [0.1, 0.15) is 5.75 Å². The van der Waals surface area contributed by atoms with Gasteiger partial charge in [-0.1, -0.05) is 25.5 Å². The molecule has 2 atom stereocenters. The number of methoxy groups -OCH3 is 1. The summed E-state index contributed by atoms with van der Waals surface area (Å²) < 4.78 is 5.18. The van der Waals surface area contributed by atoms with Gasteiger partial charge in [0.15, 0.2) is 0 Å². The fraction of sp³-hybridized carbons (Fsp3) is 0.538. The summed E-state index contributed by atoms with van der Waals surface area (Å²) in [5.41, 5.74) is 7.99. The first-order chi connectivity index (χ1) is 7.60. The number of halogens is 1. The number of aliphatic hydroxyl groups is 1. The van der Waals surface area contributed by atoms with Crippen LogP contribution in [0.1, 0.15) is 36.9 Å². The Bertz CT molecular complexity index is 344. The number of benzene rings is 1. The van der Waals surface area contributed by atoms with Gasteiger partial charge in [0.05, 0.1) is 19.3 Å². The summed E-state index contributed by atoms with van der Waals surface area (Å²) in [6.45, 7) is 4.01. The maximum Gasteiger partial charge on any atom is 0.121 e. The minimum absolute atomic E-state index is 0. The lowest BCUT2D eigenvalue weighted by Crippen LogP contribution is -2.26. The van der Waals surface area contributed by atoms with E-state index in [-0.39, 0.29) is 18.4 Å². The monoisotopic (exact) mass is 259 g/mol. The van der Waals surface area contributed by atoms with E-state index in [2.05, 4.69) is 0 Å². The number of nitrogens with two attached hydrogens (primary N) is 1. The first-order valence-electron chi connectivity index (χ1n) is 5.68. The van der Waals surface area contributed by atoms with Gasteiger partial charge in [-0.3, -0.25) is 0 Å². The van der Waals surface area contributed by atoms with Crippen molar-refractivity contribution in [3.05, 3.63) is 29.3 Å². The van der Waals surface area contributed by atoms with Gasteiger partial charge in [-0.15, -0.1) is 12.4 Å². The van der Waals surface area contributed by atoms with Crippen LogP contribution in [0.5, 0.6) is 5.75 Å². The molecular formula is C13H22ClNO2. The van der Waals surface area contributed by atoms with Crippen LogP contribution < -0.4 is 10.5 Å². The molecule has 3 N–H and O–H groups in total. The Balaban J connectivity index is 0.00000256. The van der Waals surface area contributed by atoms with Crippen molar-refractivity contribution >= 4 is 12.4 Å². The second kappa shape index (κ2) is 7.54. The van der Waals surface area contributed by atoms with Crippen LogP contribution in [0.25, 0.3) is 0 Å². The largest absolute Gasteiger partial charge is 0.496 e. The third-order valence-corrected chi connectivity index (χ3v) is 2.80. The van der Waals surface area contributed by atoms with E-state index in [4.69, 9.17) is 10.5 Å². The van der Waals surface area contributed by atoms with Crippen molar-refractivity contribution in [3.8, 4) is 5.75 Å². The molecule has 0 bridgehead atoms. The SMILES string of the molecule is CCC[C@@H](O)[C@@H](N)c1ccc(OC)c(C)c1.Cl. The van der Waals surface area contributed by atoms with Crippen molar-refractivity contribution in [2.24, 2.45) is 5.73 Å². The van der Waals surface area contributed by atoms with Crippen molar-refractivity contribution in [1.82, 2.24) is 0 Å². The molecule has 0 aliphatic carbocycles. The number of hydrogen-bond acceptors (Lipinski definition) is 3. The molecule has 0 aliphatic rings. The summed E-state index contributed by atoms with van der Waals surface area (Å²) in [6.07, 6.45) is 1.19. The van der Waals surface area contributed by atoms with E-state index in [9.17, 15) is 5.11 Å². The summed E-state index contributed by atoms with van der Waals surface area (Å²) in [5.74, 6) is 0.848. The topological polar surface area (TPSA) is 55.5 Å². The number of aryl methyl sites for hydroxylation is 1. The minimum Gasteiger partial charge on any atom is -0.496 e. The van der Waals surface area contributed by atoms with Crippen LogP contribution in [-0.4, -0.2) is 18.3 Å². The Kier molecular flexibility index (Phi) is 7.19. The number of aliphatic hydroxyl groups excluding tert-OH is 1. The van der Waals surface area contributed by atoms with Crippen molar-refractivity contribution in [1.29, 1.82) is 0 Å². The van der Waals surface area contributed by atoms with E-state index < -0.39 is 6.10 Å². The van der Waals surface area contributed by atoms with Crippen LogP contribution in [0.4, 0.5) is 0 Å². The number of ether oxygens (including phenoxy) is 1. The molecule has 0 unspecified atom stereocenters. The molecule has 0 amide bonds. The summed E-state index contributed by atoms with van der Waals surface area (Å²) >= 11 is 0. The van der Waals surface area contributed by atoms with Crippen molar-refractivity contribution in [2.45, 2.75) is 38.8 Å². The van der Waals surface area contributed by atoms with Crippen molar-refractivity contribution in [2.75, 3.05) is 7.11 Å². The van der Waals surface area contributed by atoms with Crippen LogP contribution in [0, 0.1) is 6.92 Å². The molecule has 17 heavy (non-hydrogen) atoms. The molecule has 0 heterocycles. The summed E-state index contributed by atoms with van der Waals surface area (Å²) in [4.78, 5) is 0. The maximum absolute atomic E-state index is 9.83.